The van der Waals surface area contributed by atoms with Crippen molar-refractivity contribution in [2.75, 3.05) is 0 Å². The number of hydrogen-bond donors (Lipinski definition) is 6. The van der Waals surface area contributed by atoms with Crippen LogP contribution in [0.4, 0.5) is 0 Å². The van der Waals surface area contributed by atoms with Gasteiger partial charge in [-0.3, -0.25) is 0 Å². The first kappa shape index (κ1) is 25.6. The number of hydrogen-bond acceptors (Lipinski definition) is 10. The lowest BCUT2D eigenvalue weighted by molar-refractivity contribution is -0.190. The SMILES string of the molecule is CC1(O)C[C@@H](OC(=O)/C=C/c2ccc(O)c(O)c2)C(O)[C@H](OC(=O)/C=C/c2ccc(O)c(O)c2)C1. The van der Waals surface area contributed by atoms with Crippen LogP contribution in [0.5, 0.6) is 23.0 Å². The summed E-state index contributed by atoms with van der Waals surface area (Å²) in [4.78, 5) is 24.5. The highest BCUT2D eigenvalue weighted by Gasteiger charge is 2.45. The molecule has 1 aliphatic rings. The Kier molecular flexibility index (Phi) is 7.68. The van der Waals surface area contributed by atoms with Gasteiger partial charge in [-0.15, -0.1) is 0 Å². The molecule has 2 aromatic rings. The summed E-state index contributed by atoms with van der Waals surface area (Å²) < 4.78 is 10.5. The van der Waals surface area contributed by atoms with E-state index in [0.717, 1.165) is 12.2 Å². The zero-order valence-corrected chi connectivity index (χ0v) is 18.7. The van der Waals surface area contributed by atoms with Gasteiger partial charge in [0.2, 0.25) is 0 Å². The first-order chi connectivity index (χ1) is 16.4. The van der Waals surface area contributed by atoms with E-state index in [1.165, 1.54) is 55.5 Å². The maximum atomic E-state index is 12.3. The van der Waals surface area contributed by atoms with Crippen molar-refractivity contribution >= 4 is 24.1 Å². The number of ether oxygens (including phenoxy) is 2. The monoisotopic (exact) mass is 486 g/mol. The summed E-state index contributed by atoms with van der Waals surface area (Å²) in [6.07, 6.45) is 0.850. The Bertz CT molecular complexity index is 1060. The molecule has 0 heterocycles. The van der Waals surface area contributed by atoms with Crippen LogP contribution in [0.15, 0.2) is 48.6 Å². The van der Waals surface area contributed by atoms with Crippen LogP contribution in [0.25, 0.3) is 12.2 Å². The van der Waals surface area contributed by atoms with Crippen molar-refractivity contribution in [2.24, 2.45) is 0 Å². The first-order valence-electron chi connectivity index (χ1n) is 10.7. The molecule has 3 rings (SSSR count). The fourth-order valence-corrected chi connectivity index (χ4v) is 3.65. The maximum absolute atomic E-state index is 12.3. The molecule has 1 aliphatic carbocycles. The normalized spacial score (nSPS) is 24.5. The van der Waals surface area contributed by atoms with Crippen LogP contribution < -0.4 is 0 Å². The highest BCUT2D eigenvalue weighted by Crippen LogP contribution is 2.33. The molecule has 1 saturated carbocycles. The highest BCUT2D eigenvalue weighted by atomic mass is 16.6. The first-order valence-corrected chi connectivity index (χ1v) is 10.7. The van der Waals surface area contributed by atoms with Gasteiger partial charge in [0.15, 0.2) is 23.0 Å². The third kappa shape index (κ3) is 6.98. The van der Waals surface area contributed by atoms with Crippen LogP contribution in [-0.2, 0) is 19.1 Å². The molecular weight excluding hydrogens is 460 g/mol. The molecule has 0 aromatic heterocycles. The highest BCUT2D eigenvalue weighted by molar-refractivity contribution is 5.88. The van der Waals surface area contributed by atoms with E-state index in [0.29, 0.717) is 11.1 Å². The smallest absolute Gasteiger partial charge is 0.331 e. The summed E-state index contributed by atoms with van der Waals surface area (Å²) >= 11 is 0. The number of phenols is 4. The average molecular weight is 486 g/mol. The van der Waals surface area contributed by atoms with Crippen LogP contribution in [0, 0.1) is 0 Å². The number of phenolic OH excluding ortho intramolecular Hbond substituents is 4. The van der Waals surface area contributed by atoms with E-state index in [1.807, 2.05) is 0 Å². The molecule has 0 bridgehead atoms. The molecule has 0 spiro atoms. The van der Waals surface area contributed by atoms with Gasteiger partial charge in [0.25, 0.3) is 0 Å². The molecular formula is C25H26O10. The second-order valence-electron chi connectivity index (χ2n) is 8.51. The number of aliphatic hydroxyl groups excluding tert-OH is 1. The number of aliphatic hydroxyl groups is 2. The number of rotatable bonds is 6. The lowest BCUT2D eigenvalue weighted by Crippen LogP contribution is -2.54. The van der Waals surface area contributed by atoms with E-state index in [2.05, 4.69) is 0 Å². The van der Waals surface area contributed by atoms with Crippen LogP contribution in [0.1, 0.15) is 30.9 Å². The fourth-order valence-electron chi connectivity index (χ4n) is 3.65. The van der Waals surface area contributed by atoms with E-state index < -0.39 is 35.9 Å². The maximum Gasteiger partial charge on any atom is 0.331 e. The number of carbonyl (C=O) groups excluding carboxylic acids is 2. The van der Waals surface area contributed by atoms with Gasteiger partial charge < -0.3 is 40.1 Å². The Morgan fingerprint density at radius 3 is 1.57 bits per heavy atom. The van der Waals surface area contributed by atoms with E-state index in [1.54, 1.807) is 0 Å². The van der Waals surface area contributed by atoms with Gasteiger partial charge in [0.1, 0.15) is 18.3 Å². The van der Waals surface area contributed by atoms with Gasteiger partial charge in [-0.1, -0.05) is 12.1 Å². The van der Waals surface area contributed by atoms with Gasteiger partial charge in [0, 0.05) is 25.0 Å². The Morgan fingerprint density at radius 2 is 1.20 bits per heavy atom. The van der Waals surface area contributed by atoms with Crippen molar-refractivity contribution in [2.45, 2.75) is 43.7 Å². The largest absolute Gasteiger partial charge is 0.504 e. The van der Waals surface area contributed by atoms with Crippen molar-refractivity contribution in [3.63, 3.8) is 0 Å². The molecule has 35 heavy (non-hydrogen) atoms. The summed E-state index contributed by atoms with van der Waals surface area (Å²) in [5.41, 5.74) is -0.573. The zero-order chi connectivity index (χ0) is 25.8. The Balaban J connectivity index is 1.63. The van der Waals surface area contributed by atoms with Crippen molar-refractivity contribution in [1.29, 1.82) is 0 Å². The molecule has 6 N–H and O–H groups in total. The molecule has 2 aromatic carbocycles. The second-order valence-corrected chi connectivity index (χ2v) is 8.51. The van der Waals surface area contributed by atoms with Gasteiger partial charge in [0.05, 0.1) is 5.60 Å². The minimum Gasteiger partial charge on any atom is -0.504 e. The second kappa shape index (κ2) is 10.5. The van der Waals surface area contributed by atoms with Crippen molar-refractivity contribution in [3.8, 4) is 23.0 Å². The molecule has 0 unspecified atom stereocenters. The predicted molar refractivity (Wildman–Crippen MR) is 123 cm³/mol. The van der Waals surface area contributed by atoms with Crippen LogP contribution in [0.3, 0.4) is 0 Å². The third-order valence-corrected chi connectivity index (χ3v) is 5.40. The van der Waals surface area contributed by atoms with Crippen molar-refractivity contribution in [3.05, 3.63) is 59.7 Å². The molecule has 0 radical (unpaired) electrons. The summed E-state index contributed by atoms with van der Waals surface area (Å²) in [5.74, 6) is -3.02. The quantitative estimate of drug-likeness (QED) is 0.201. The van der Waals surface area contributed by atoms with Crippen LogP contribution >= 0.6 is 0 Å². The number of benzene rings is 2. The Hall–Kier alpha value is -4.02. The van der Waals surface area contributed by atoms with Crippen molar-refractivity contribution in [1.82, 2.24) is 0 Å². The minimum atomic E-state index is -1.40. The van der Waals surface area contributed by atoms with Gasteiger partial charge >= 0.3 is 11.9 Å². The predicted octanol–water partition coefficient (Wildman–Crippen LogP) is 1.96. The van der Waals surface area contributed by atoms with Crippen molar-refractivity contribution < 1.29 is 49.7 Å². The summed E-state index contributed by atoms with van der Waals surface area (Å²) in [6, 6.07) is 7.90. The number of carbonyl (C=O) groups is 2. The van der Waals surface area contributed by atoms with E-state index in [4.69, 9.17) is 9.47 Å². The van der Waals surface area contributed by atoms with Crippen LogP contribution in [-0.4, -0.2) is 66.5 Å². The zero-order valence-electron chi connectivity index (χ0n) is 18.7. The molecule has 186 valence electrons. The topological polar surface area (TPSA) is 174 Å². The molecule has 10 heteroatoms. The third-order valence-electron chi connectivity index (χ3n) is 5.40. The Labute approximate surface area is 200 Å². The van der Waals surface area contributed by atoms with Gasteiger partial charge in [-0.05, 0) is 54.5 Å². The fraction of sp³-hybridized carbons (Fsp3) is 0.280. The standard InChI is InChI=1S/C25H26O10/c1-25(33)12-20(34-22(30)8-4-14-2-6-16(26)18(28)10-14)24(32)21(13-25)35-23(31)9-5-15-3-7-17(27)19(29)11-15/h2-11,20-21,24,26-29,32-33H,12-13H2,1H3/b8-4+,9-5+/t20-,21-,24?,25?/m1/s1. The molecule has 0 saturated heterocycles. The summed E-state index contributed by atoms with van der Waals surface area (Å²) in [6.45, 7) is 1.46. The molecule has 0 aliphatic heterocycles. The lowest BCUT2D eigenvalue weighted by Gasteiger charge is -2.41. The van der Waals surface area contributed by atoms with Gasteiger partial charge in [-0.2, -0.15) is 0 Å². The summed E-state index contributed by atoms with van der Waals surface area (Å²) in [7, 11) is 0. The van der Waals surface area contributed by atoms with E-state index >= 15 is 0 Å². The van der Waals surface area contributed by atoms with Crippen LogP contribution in [0.2, 0.25) is 0 Å². The summed E-state index contributed by atoms with van der Waals surface area (Å²) in [5, 5.41) is 58.9. The lowest BCUT2D eigenvalue weighted by atomic mass is 9.80. The molecule has 0 amide bonds. The molecule has 1 fully saturated rings. The molecule has 10 nitrogen and oxygen atoms in total. The Morgan fingerprint density at radius 1 is 0.800 bits per heavy atom. The van der Waals surface area contributed by atoms with E-state index in [-0.39, 0.29) is 35.8 Å². The number of esters is 2. The number of aromatic hydroxyl groups is 4. The van der Waals surface area contributed by atoms with Gasteiger partial charge in [-0.25, -0.2) is 9.59 Å². The molecule has 2 atom stereocenters. The minimum absolute atomic E-state index is 0.0928. The average Bonchev–Trinajstić information content (AvgIpc) is 2.78. The van der Waals surface area contributed by atoms with E-state index in [9.17, 15) is 40.2 Å².